The molecule has 3 heteroatoms. The van der Waals surface area contributed by atoms with E-state index >= 15 is 0 Å². The van der Waals surface area contributed by atoms with Gasteiger partial charge in [0.2, 0.25) is 6.20 Å². The Morgan fingerprint density at radius 1 is 0.857 bits per heavy atom. The van der Waals surface area contributed by atoms with Crippen molar-refractivity contribution in [3.8, 4) is 0 Å². The van der Waals surface area contributed by atoms with Crippen molar-refractivity contribution in [2.45, 2.75) is 0 Å². The van der Waals surface area contributed by atoms with Crippen molar-refractivity contribution in [2.24, 2.45) is 7.05 Å². The second-order valence-corrected chi connectivity index (χ2v) is 5.51. The third-order valence-electron chi connectivity index (χ3n) is 4.43. The van der Waals surface area contributed by atoms with Gasteiger partial charge in [0.25, 0.3) is 5.52 Å². The topological polar surface area (TPSA) is 24.8 Å². The molecule has 21 heavy (non-hydrogen) atoms. The van der Waals surface area contributed by atoms with Crippen LogP contribution in [0.2, 0.25) is 0 Å². The van der Waals surface area contributed by atoms with Crippen molar-refractivity contribution in [3.05, 3.63) is 60.8 Å². The zero-order chi connectivity index (χ0) is 14.0. The molecule has 0 aliphatic rings. The fourth-order valence-corrected chi connectivity index (χ4v) is 3.44. The van der Waals surface area contributed by atoms with Crippen LogP contribution in [0.3, 0.4) is 0 Å². The first-order valence-corrected chi connectivity index (χ1v) is 7.13. The molecule has 5 rings (SSSR count). The van der Waals surface area contributed by atoms with Gasteiger partial charge in [0.1, 0.15) is 11.0 Å². The largest absolute Gasteiger partial charge is 0.349 e. The van der Waals surface area contributed by atoms with Crippen LogP contribution in [-0.4, -0.2) is 9.67 Å². The number of nitrogens with one attached hydrogen (secondary N) is 1. The molecule has 0 unspecified atom stereocenters. The maximum absolute atomic E-state index is 3.59. The maximum atomic E-state index is 3.59. The molecule has 0 radical (unpaired) electrons. The number of rotatable bonds is 0. The zero-order valence-corrected chi connectivity index (χ0v) is 11.7. The molecule has 3 heterocycles. The van der Waals surface area contributed by atoms with Gasteiger partial charge in [-0.2, -0.15) is 4.68 Å². The molecule has 0 bridgehead atoms. The molecule has 1 N–H and O–H groups in total. The number of aryl methyl sites for hydroxylation is 1. The summed E-state index contributed by atoms with van der Waals surface area (Å²) in [5.74, 6) is 0. The smallest absolute Gasteiger partial charge is 0.269 e. The van der Waals surface area contributed by atoms with E-state index in [0.29, 0.717) is 0 Å². The molecule has 3 nitrogen and oxygen atoms in total. The number of para-hydroxylation sites is 2. The number of hydrogen-bond donors (Lipinski definition) is 1. The lowest BCUT2D eigenvalue weighted by Gasteiger charge is -1.90. The van der Waals surface area contributed by atoms with Crippen LogP contribution in [0.25, 0.3) is 38.2 Å². The molecule has 0 aliphatic heterocycles. The van der Waals surface area contributed by atoms with Crippen LogP contribution >= 0.6 is 0 Å². The first-order valence-electron chi connectivity index (χ1n) is 7.13. The predicted octanol–water partition coefficient (Wildman–Crippen LogP) is 3.55. The predicted molar refractivity (Wildman–Crippen MR) is 85.4 cm³/mol. The Labute approximate surface area is 121 Å². The van der Waals surface area contributed by atoms with Gasteiger partial charge in [-0.1, -0.05) is 34.8 Å². The van der Waals surface area contributed by atoms with Crippen molar-refractivity contribution in [1.29, 1.82) is 0 Å². The summed E-state index contributed by atoms with van der Waals surface area (Å²) in [4.78, 5) is 3.59. The Hall–Kier alpha value is -2.81. The van der Waals surface area contributed by atoms with E-state index in [1.54, 1.807) is 0 Å². The molecule has 0 aliphatic carbocycles. The highest BCUT2D eigenvalue weighted by atomic mass is 15.3. The standard InChI is InChI=1S/C18H13N3/c1-20-16-9-5-3-7-14(16)18-17-13(10-11-21(18)20)12-6-2-4-8-15(12)19-17/h2-11H,1H3/p+1. The van der Waals surface area contributed by atoms with E-state index in [9.17, 15) is 0 Å². The van der Waals surface area contributed by atoms with Crippen LogP contribution in [0.5, 0.6) is 0 Å². The van der Waals surface area contributed by atoms with Crippen LogP contribution < -0.4 is 4.52 Å². The highest BCUT2D eigenvalue weighted by Gasteiger charge is 2.20. The lowest BCUT2D eigenvalue weighted by molar-refractivity contribution is -0.603. The van der Waals surface area contributed by atoms with Crippen LogP contribution in [0.1, 0.15) is 0 Å². The number of benzene rings is 2. The second kappa shape index (κ2) is 3.64. The summed E-state index contributed by atoms with van der Waals surface area (Å²) in [5, 5.41) is 3.84. The van der Waals surface area contributed by atoms with Crippen LogP contribution in [0, 0.1) is 0 Å². The van der Waals surface area contributed by atoms with Gasteiger partial charge >= 0.3 is 0 Å². The number of aromatic amines is 1. The normalized spacial score (nSPS) is 12.0. The minimum atomic E-state index is 1.19. The van der Waals surface area contributed by atoms with Gasteiger partial charge in [0.05, 0.1) is 12.4 Å². The van der Waals surface area contributed by atoms with E-state index in [1.165, 1.54) is 38.2 Å². The highest BCUT2D eigenvalue weighted by molar-refractivity contribution is 6.15. The Morgan fingerprint density at radius 2 is 1.62 bits per heavy atom. The summed E-state index contributed by atoms with van der Waals surface area (Å²) < 4.78 is 4.40. The third kappa shape index (κ3) is 1.26. The van der Waals surface area contributed by atoms with Crippen molar-refractivity contribution in [3.63, 3.8) is 0 Å². The van der Waals surface area contributed by atoms with Crippen LogP contribution in [0.4, 0.5) is 0 Å². The monoisotopic (exact) mass is 272 g/mol. The molecular weight excluding hydrogens is 258 g/mol. The quantitative estimate of drug-likeness (QED) is 0.417. The SMILES string of the molecule is Cn1c2ccccc2c2c3[nH]c4ccccc4c3cc[n+]21. The average molecular weight is 272 g/mol. The van der Waals surface area contributed by atoms with E-state index in [0.717, 1.165) is 0 Å². The fourth-order valence-electron chi connectivity index (χ4n) is 3.44. The summed E-state index contributed by atoms with van der Waals surface area (Å²) in [6.45, 7) is 0. The van der Waals surface area contributed by atoms with Gasteiger partial charge in [-0.05, 0) is 18.2 Å². The molecule has 0 fully saturated rings. The molecule has 0 saturated carbocycles. The van der Waals surface area contributed by atoms with Gasteiger partial charge in [-0.25, -0.2) is 0 Å². The number of pyridine rings is 1. The fraction of sp³-hybridized carbons (Fsp3) is 0.0556. The molecule has 0 spiro atoms. The zero-order valence-electron chi connectivity index (χ0n) is 11.7. The van der Waals surface area contributed by atoms with E-state index in [2.05, 4.69) is 82.0 Å². The van der Waals surface area contributed by atoms with E-state index < -0.39 is 0 Å². The Balaban J connectivity index is 2.16. The molecule has 0 saturated heterocycles. The summed E-state index contributed by atoms with van der Waals surface area (Å²) in [6.07, 6.45) is 2.15. The van der Waals surface area contributed by atoms with E-state index in [4.69, 9.17) is 0 Å². The number of H-pyrrole nitrogens is 1. The second-order valence-electron chi connectivity index (χ2n) is 5.51. The van der Waals surface area contributed by atoms with Crippen molar-refractivity contribution >= 4 is 38.2 Å². The van der Waals surface area contributed by atoms with Gasteiger partial charge < -0.3 is 4.98 Å². The van der Waals surface area contributed by atoms with Crippen LogP contribution in [0.15, 0.2) is 60.8 Å². The molecule has 3 aromatic heterocycles. The van der Waals surface area contributed by atoms with Crippen molar-refractivity contribution in [1.82, 2.24) is 9.67 Å². The van der Waals surface area contributed by atoms with E-state index in [1.807, 2.05) is 0 Å². The Kier molecular flexibility index (Phi) is 1.89. The highest BCUT2D eigenvalue weighted by Crippen LogP contribution is 2.29. The summed E-state index contributed by atoms with van der Waals surface area (Å²) in [5.41, 5.74) is 4.87. The first-order chi connectivity index (χ1) is 10.3. The van der Waals surface area contributed by atoms with Gasteiger partial charge in [-0.15, -0.1) is 0 Å². The van der Waals surface area contributed by atoms with Crippen molar-refractivity contribution < 1.29 is 4.52 Å². The molecule has 5 aromatic rings. The lowest BCUT2D eigenvalue weighted by Crippen LogP contribution is -2.30. The van der Waals surface area contributed by atoms with Gasteiger partial charge in [-0.3, -0.25) is 0 Å². The lowest BCUT2D eigenvalue weighted by atomic mass is 10.1. The molecular formula is C18H14N3+. The third-order valence-corrected chi connectivity index (χ3v) is 4.43. The number of nitrogens with zero attached hydrogens (tertiary/aromatic N) is 2. The summed E-state index contributed by atoms with van der Waals surface area (Å²) in [7, 11) is 2.10. The summed E-state index contributed by atoms with van der Waals surface area (Å²) in [6, 6.07) is 19.2. The Bertz CT molecular complexity index is 1140. The van der Waals surface area contributed by atoms with Gasteiger partial charge in [0, 0.05) is 22.4 Å². The molecule has 100 valence electrons. The molecule has 0 atom stereocenters. The minimum Gasteiger partial charge on any atom is -0.349 e. The number of aromatic nitrogens is 3. The minimum absolute atomic E-state index is 1.19. The Morgan fingerprint density at radius 3 is 2.52 bits per heavy atom. The first kappa shape index (κ1) is 10.9. The number of hydrogen-bond acceptors (Lipinski definition) is 0. The molecule has 2 aromatic carbocycles. The van der Waals surface area contributed by atoms with Crippen molar-refractivity contribution in [2.75, 3.05) is 0 Å². The average Bonchev–Trinajstić information content (AvgIpc) is 3.04. The molecule has 0 amide bonds. The maximum Gasteiger partial charge on any atom is 0.269 e. The number of fused-ring (bicyclic) bond motifs is 7. The van der Waals surface area contributed by atoms with Gasteiger partial charge in [0.15, 0.2) is 0 Å². The van der Waals surface area contributed by atoms with Crippen LogP contribution in [-0.2, 0) is 7.05 Å². The summed E-state index contributed by atoms with van der Waals surface area (Å²) >= 11 is 0. The van der Waals surface area contributed by atoms with E-state index in [-0.39, 0.29) is 0 Å².